The highest BCUT2D eigenvalue weighted by molar-refractivity contribution is 7.92. The Bertz CT molecular complexity index is 1370. The molecule has 8 nitrogen and oxygen atoms in total. The molecule has 0 radical (unpaired) electrons. The van der Waals surface area contributed by atoms with Crippen LogP contribution < -0.4 is 14.8 Å². The zero-order valence-electron chi connectivity index (χ0n) is 17.1. The Morgan fingerprint density at radius 2 is 1.50 bits per heavy atom. The number of nitrogens with one attached hydrogen (secondary N) is 3. The van der Waals surface area contributed by atoms with E-state index in [2.05, 4.69) is 14.8 Å². The number of rotatable bonds is 7. The number of hydrogen-bond acceptors (Lipinski definition) is 5. The van der Waals surface area contributed by atoms with Crippen LogP contribution in [0.5, 0.6) is 0 Å². The van der Waals surface area contributed by atoms with Gasteiger partial charge in [0, 0.05) is 11.3 Å². The van der Waals surface area contributed by atoms with Crippen molar-refractivity contribution < 1.29 is 21.6 Å². The van der Waals surface area contributed by atoms with Crippen LogP contribution >= 0.6 is 11.6 Å². The van der Waals surface area contributed by atoms with Gasteiger partial charge in [0.2, 0.25) is 10.0 Å². The van der Waals surface area contributed by atoms with Crippen LogP contribution in [0.2, 0.25) is 5.02 Å². The fraction of sp³-hybridized carbons (Fsp3) is 0.0952. The molecule has 1 amide bonds. The van der Waals surface area contributed by atoms with Crippen LogP contribution in [0.3, 0.4) is 0 Å². The molecule has 32 heavy (non-hydrogen) atoms. The van der Waals surface area contributed by atoms with Gasteiger partial charge in [0.05, 0.1) is 27.5 Å². The van der Waals surface area contributed by atoms with Gasteiger partial charge in [0.15, 0.2) is 0 Å². The Balaban J connectivity index is 1.72. The highest BCUT2D eigenvalue weighted by Gasteiger charge is 2.16. The lowest BCUT2D eigenvalue weighted by atomic mass is 10.2. The number of hydrogen-bond donors (Lipinski definition) is 3. The van der Waals surface area contributed by atoms with E-state index in [4.69, 9.17) is 11.6 Å². The van der Waals surface area contributed by atoms with Crippen LogP contribution in [0.25, 0.3) is 0 Å². The number of anilines is 3. The first kappa shape index (κ1) is 23.6. The molecular formula is C21H20ClN3O5S2. The average Bonchev–Trinajstić information content (AvgIpc) is 2.70. The summed E-state index contributed by atoms with van der Waals surface area (Å²) in [5, 5.41) is 2.70. The SMILES string of the molecule is Cc1ccccc1NS(=O)(=O)c1ccc(NC(=O)c2ccc(NS(C)(=O)=O)c(Cl)c2)cc1. The second kappa shape index (κ2) is 9.19. The number of para-hydroxylation sites is 1. The highest BCUT2D eigenvalue weighted by atomic mass is 35.5. The Kier molecular flexibility index (Phi) is 6.77. The van der Waals surface area contributed by atoms with Gasteiger partial charge in [-0.15, -0.1) is 0 Å². The maximum atomic E-state index is 12.6. The second-order valence-electron chi connectivity index (χ2n) is 6.97. The third-order valence-corrected chi connectivity index (χ3v) is 6.62. The van der Waals surface area contributed by atoms with E-state index in [1.165, 1.54) is 42.5 Å². The fourth-order valence-electron chi connectivity index (χ4n) is 2.75. The maximum Gasteiger partial charge on any atom is 0.261 e. The summed E-state index contributed by atoms with van der Waals surface area (Å²) in [7, 11) is -7.30. The third-order valence-electron chi connectivity index (χ3n) is 4.34. The van der Waals surface area contributed by atoms with Gasteiger partial charge in [-0.05, 0) is 61.0 Å². The first-order chi connectivity index (χ1) is 14.9. The van der Waals surface area contributed by atoms with Crippen LogP contribution in [-0.2, 0) is 20.0 Å². The van der Waals surface area contributed by atoms with E-state index < -0.39 is 26.0 Å². The molecule has 3 aromatic rings. The summed E-state index contributed by atoms with van der Waals surface area (Å²) in [6.45, 7) is 1.80. The third kappa shape index (κ3) is 6.00. The number of benzene rings is 3. The van der Waals surface area contributed by atoms with E-state index in [9.17, 15) is 21.6 Å². The molecule has 11 heteroatoms. The standard InChI is InChI=1S/C21H20ClN3O5S2/c1-14-5-3-4-6-19(14)25-32(29,30)17-10-8-16(9-11-17)23-21(26)15-7-12-20(18(22)13-15)24-31(2,27)28/h3-13,24-25H,1-2H3,(H,23,26). The molecule has 3 aromatic carbocycles. The molecule has 0 saturated carbocycles. The van der Waals surface area contributed by atoms with Crippen LogP contribution in [0.1, 0.15) is 15.9 Å². The Hall–Kier alpha value is -3.08. The molecule has 0 aliphatic heterocycles. The topological polar surface area (TPSA) is 121 Å². The molecule has 0 aliphatic rings. The van der Waals surface area contributed by atoms with Gasteiger partial charge in [-0.2, -0.15) is 0 Å². The second-order valence-corrected chi connectivity index (χ2v) is 10.8. The van der Waals surface area contributed by atoms with Gasteiger partial charge in [0.25, 0.3) is 15.9 Å². The molecule has 0 aromatic heterocycles. The van der Waals surface area contributed by atoms with Gasteiger partial charge >= 0.3 is 0 Å². The maximum absolute atomic E-state index is 12.6. The van der Waals surface area contributed by atoms with Gasteiger partial charge in [0.1, 0.15) is 0 Å². The molecule has 3 N–H and O–H groups in total. The average molecular weight is 494 g/mol. The van der Waals surface area contributed by atoms with Gasteiger partial charge in [-0.3, -0.25) is 14.2 Å². The van der Waals surface area contributed by atoms with Crippen molar-refractivity contribution in [2.24, 2.45) is 0 Å². The summed E-state index contributed by atoms with van der Waals surface area (Å²) in [6.07, 6.45) is 0.990. The fourth-order valence-corrected chi connectivity index (χ4v) is 4.74. The van der Waals surface area contributed by atoms with Crippen LogP contribution in [-0.4, -0.2) is 29.0 Å². The normalized spacial score (nSPS) is 11.6. The minimum atomic E-state index is -3.79. The molecule has 0 heterocycles. The van der Waals surface area contributed by atoms with Gasteiger partial charge < -0.3 is 5.32 Å². The van der Waals surface area contributed by atoms with E-state index in [0.717, 1.165) is 11.8 Å². The van der Waals surface area contributed by atoms with Crippen LogP contribution in [0.15, 0.2) is 71.6 Å². The first-order valence-corrected chi connectivity index (χ1v) is 13.0. The predicted octanol–water partition coefficient (Wildman–Crippen LogP) is 4.07. The number of aryl methyl sites for hydroxylation is 1. The minimum absolute atomic E-state index is 0.0398. The minimum Gasteiger partial charge on any atom is -0.322 e. The number of carbonyl (C=O) groups is 1. The van der Waals surface area contributed by atoms with E-state index in [1.807, 2.05) is 6.07 Å². The van der Waals surface area contributed by atoms with Crippen molar-refractivity contribution in [3.05, 3.63) is 82.9 Å². The molecular weight excluding hydrogens is 474 g/mol. The van der Waals surface area contributed by atoms with Crippen molar-refractivity contribution in [2.45, 2.75) is 11.8 Å². The van der Waals surface area contributed by atoms with E-state index in [-0.39, 0.29) is 21.2 Å². The Morgan fingerprint density at radius 1 is 0.844 bits per heavy atom. The summed E-state index contributed by atoms with van der Waals surface area (Å²) in [5.74, 6) is -0.494. The number of halogens is 1. The Morgan fingerprint density at radius 3 is 2.09 bits per heavy atom. The summed E-state index contributed by atoms with van der Waals surface area (Å²) in [6, 6.07) is 16.8. The van der Waals surface area contributed by atoms with Crippen molar-refractivity contribution in [3.8, 4) is 0 Å². The monoisotopic (exact) mass is 493 g/mol. The molecule has 0 atom stereocenters. The van der Waals surface area contributed by atoms with Crippen LogP contribution in [0, 0.1) is 6.92 Å². The lowest BCUT2D eigenvalue weighted by molar-refractivity contribution is 0.102. The number of carbonyl (C=O) groups excluding carboxylic acids is 1. The summed E-state index contributed by atoms with van der Waals surface area (Å²) < 4.78 is 52.7. The van der Waals surface area contributed by atoms with E-state index in [0.29, 0.717) is 11.4 Å². The molecule has 0 fully saturated rings. The van der Waals surface area contributed by atoms with Gasteiger partial charge in [-0.25, -0.2) is 16.8 Å². The van der Waals surface area contributed by atoms with Crippen molar-refractivity contribution in [2.75, 3.05) is 21.0 Å². The lowest BCUT2D eigenvalue weighted by Gasteiger charge is -2.12. The predicted molar refractivity (Wildman–Crippen MR) is 126 cm³/mol. The van der Waals surface area contributed by atoms with Crippen molar-refractivity contribution in [1.29, 1.82) is 0 Å². The first-order valence-electron chi connectivity index (χ1n) is 9.22. The number of sulfonamides is 2. The summed E-state index contributed by atoms with van der Waals surface area (Å²) in [4.78, 5) is 12.5. The molecule has 0 saturated heterocycles. The molecule has 0 aliphatic carbocycles. The lowest BCUT2D eigenvalue weighted by Crippen LogP contribution is -2.15. The largest absolute Gasteiger partial charge is 0.322 e. The van der Waals surface area contributed by atoms with Gasteiger partial charge in [-0.1, -0.05) is 29.8 Å². The van der Waals surface area contributed by atoms with E-state index >= 15 is 0 Å². The zero-order valence-corrected chi connectivity index (χ0v) is 19.5. The molecule has 0 spiro atoms. The van der Waals surface area contributed by atoms with Crippen LogP contribution in [0.4, 0.5) is 17.1 Å². The molecule has 168 valence electrons. The van der Waals surface area contributed by atoms with Crippen molar-refractivity contribution in [3.63, 3.8) is 0 Å². The zero-order chi connectivity index (χ0) is 23.5. The van der Waals surface area contributed by atoms with Crippen molar-refractivity contribution >= 4 is 54.6 Å². The summed E-state index contributed by atoms with van der Waals surface area (Å²) >= 11 is 6.05. The smallest absolute Gasteiger partial charge is 0.261 e. The molecule has 0 unspecified atom stereocenters. The quantitative estimate of drug-likeness (QED) is 0.458. The Labute approximate surface area is 191 Å². The van der Waals surface area contributed by atoms with E-state index in [1.54, 1.807) is 25.1 Å². The molecule has 0 bridgehead atoms. The summed E-state index contributed by atoms with van der Waals surface area (Å²) in [5.41, 5.74) is 2.00. The molecule has 3 rings (SSSR count). The highest BCUT2D eigenvalue weighted by Crippen LogP contribution is 2.25. The number of amides is 1. The van der Waals surface area contributed by atoms with Crippen molar-refractivity contribution in [1.82, 2.24) is 0 Å².